The molecule has 22 heavy (non-hydrogen) atoms. The molecule has 112 valence electrons. The monoisotopic (exact) mass is 336 g/mol. The van der Waals surface area contributed by atoms with Crippen LogP contribution in [0.1, 0.15) is 0 Å². The normalized spacial score (nSPS) is 10.9. The van der Waals surface area contributed by atoms with E-state index in [9.17, 15) is 9.90 Å². The summed E-state index contributed by atoms with van der Waals surface area (Å²) in [6.07, 6.45) is 0. The van der Waals surface area contributed by atoms with E-state index < -0.39 is 0 Å². The van der Waals surface area contributed by atoms with Gasteiger partial charge in [-0.05, 0) is 18.2 Å². The van der Waals surface area contributed by atoms with Crippen molar-refractivity contribution in [3.63, 3.8) is 0 Å². The average Bonchev–Trinajstić information content (AvgIpc) is 2.50. The Labute approximate surface area is 135 Å². The third-order valence-corrected chi connectivity index (χ3v) is 3.84. The van der Waals surface area contributed by atoms with Crippen LogP contribution in [0.25, 0.3) is 22.3 Å². The van der Waals surface area contributed by atoms with Crippen LogP contribution in [0.5, 0.6) is 11.5 Å². The summed E-state index contributed by atoms with van der Waals surface area (Å²) in [4.78, 5) is 12.2. The number of fused-ring (bicyclic) bond motifs is 1. The summed E-state index contributed by atoms with van der Waals surface area (Å²) < 4.78 is 11.0. The highest BCUT2D eigenvalue weighted by atomic mass is 35.5. The summed E-state index contributed by atoms with van der Waals surface area (Å²) in [5.41, 5.74) is 0.446. The molecule has 0 aliphatic rings. The number of halogens is 2. The maximum absolute atomic E-state index is 12.2. The summed E-state index contributed by atoms with van der Waals surface area (Å²) in [7, 11) is 1.46. The van der Waals surface area contributed by atoms with E-state index >= 15 is 0 Å². The van der Waals surface area contributed by atoms with Gasteiger partial charge in [-0.15, -0.1) is 0 Å². The Kier molecular flexibility index (Phi) is 3.72. The molecule has 0 amide bonds. The van der Waals surface area contributed by atoms with Gasteiger partial charge < -0.3 is 14.3 Å². The third kappa shape index (κ3) is 2.40. The number of benzene rings is 2. The van der Waals surface area contributed by atoms with Crippen LogP contribution in [0, 0.1) is 0 Å². The van der Waals surface area contributed by atoms with Crippen LogP contribution in [0.4, 0.5) is 0 Å². The molecule has 0 aliphatic carbocycles. The van der Waals surface area contributed by atoms with Gasteiger partial charge in [0.15, 0.2) is 11.0 Å². The lowest BCUT2D eigenvalue weighted by molar-refractivity contribution is 0.412. The van der Waals surface area contributed by atoms with Gasteiger partial charge in [-0.2, -0.15) is 0 Å². The molecule has 0 saturated heterocycles. The number of ether oxygens (including phenoxy) is 1. The Morgan fingerprint density at radius 1 is 1.14 bits per heavy atom. The van der Waals surface area contributed by atoms with E-state index in [0.29, 0.717) is 21.7 Å². The number of para-hydroxylation sites is 1. The first-order valence-corrected chi connectivity index (χ1v) is 7.06. The Bertz CT molecular complexity index is 931. The first-order chi connectivity index (χ1) is 10.5. The van der Waals surface area contributed by atoms with Crippen LogP contribution in [0.15, 0.2) is 45.6 Å². The summed E-state index contributed by atoms with van der Waals surface area (Å²) in [5, 5.41) is 10.6. The SMILES string of the molecule is COc1cc(Cl)c(O)cc1-c1cc(=O)c2cccc(Cl)c2o1. The molecule has 1 aromatic heterocycles. The zero-order valence-electron chi connectivity index (χ0n) is 11.4. The van der Waals surface area contributed by atoms with Gasteiger partial charge in [-0.3, -0.25) is 4.79 Å². The lowest BCUT2D eigenvalue weighted by Gasteiger charge is -2.10. The van der Waals surface area contributed by atoms with Gasteiger partial charge >= 0.3 is 0 Å². The minimum atomic E-state index is -0.241. The topological polar surface area (TPSA) is 59.7 Å². The first-order valence-electron chi connectivity index (χ1n) is 6.30. The molecule has 3 rings (SSSR count). The standard InChI is InChI=1S/C16H10Cl2O4/c1-21-14-6-11(18)13(20)5-9(14)15-7-12(19)8-3-2-4-10(17)16(8)22-15/h2-7,20H,1H3. The number of hydrogen-bond donors (Lipinski definition) is 1. The lowest BCUT2D eigenvalue weighted by Crippen LogP contribution is -2.01. The predicted octanol–water partition coefficient (Wildman–Crippen LogP) is 4.48. The first kappa shape index (κ1) is 14.8. The quantitative estimate of drug-likeness (QED) is 0.749. The largest absolute Gasteiger partial charge is 0.506 e. The van der Waals surface area contributed by atoms with Gasteiger partial charge in [0.2, 0.25) is 0 Å². The fourth-order valence-corrected chi connectivity index (χ4v) is 2.55. The highest BCUT2D eigenvalue weighted by Crippen LogP contribution is 2.38. The second-order valence-electron chi connectivity index (χ2n) is 4.60. The highest BCUT2D eigenvalue weighted by molar-refractivity contribution is 6.34. The Morgan fingerprint density at radius 3 is 2.64 bits per heavy atom. The second-order valence-corrected chi connectivity index (χ2v) is 5.41. The maximum atomic E-state index is 12.2. The van der Waals surface area contributed by atoms with Crippen molar-refractivity contribution < 1.29 is 14.3 Å². The summed E-state index contributed by atoms with van der Waals surface area (Å²) >= 11 is 11.9. The van der Waals surface area contributed by atoms with Crippen molar-refractivity contribution in [2.75, 3.05) is 7.11 Å². The van der Waals surface area contributed by atoms with Crippen molar-refractivity contribution in [1.82, 2.24) is 0 Å². The van der Waals surface area contributed by atoms with E-state index in [4.69, 9.17) is 32.4 Å². The molecule has 0 fully saturated rings. The minimum Gasteiger partial charge on any atom is -0.506 e. The van der Waals surface area contributed by atoms with Crippen molar-refractivity contribution in [3.8, 4) is 22.8 Å². The predicted molar refractivity (Wildman–Crippen MR) is 86.2 cm³/mol. The molecule has 0 spiro atoms. The molecule has 4 nitrogen and oxygen atoms in total. The van der Waals surface area contributed by atoms with Crippen molar-refractivity contribution >= 4 is 34.2 Å². The number of aromatic hydroxyl groups is 1. The number of methoxy groups -OCH3 is 1. The molecule has 0 unspecified atom stereocenters. The zero-order chi connectivity index (χ0) is 15.9. The second kappa shape index (κ2) is 5.55. The summed E-state index contributed by atoms with van der Waals surface area (Å²) in [6.45, 7) is 0. The molecule has 3 aromatic rings. The van der Waals surface area contributed by atoms with Gasteiger partial charge in [-0.25, -0.2) is 0 Å². The molecule has 0 saturated carbocycles. The molecule has 1 heterocycles. The summed E-state index contributed by atoms with van der Waals surface area (Å²) in [5.74, 6) is 0.464. The van der Waals surface area contributed by atoms with Crippen molar-refractivity contribution in [2.24, 2.45) is 0 Å². The number of rotatable bonds is 2. The molecule has 1 N–H and O–H groups in total. The van der Waals surface area contributed by atoms with Crippen molar-refractivity contribution in [3.05, 3.63) is 56.7 Å². The Hall–Kier alpha value is -2.17. The molecule has 0 atom stereocenters. The molecular weight excluding hydrogens is 327 g/mol. The molecular formula is C16H10Cl2O4. The lowest BCUT2D eigenvalue weighted by atomic mass is 10.1. The molecule has 6 heteroatoms. The fourth-order valence-electron chi connectivity index (χ4n) is 2.18. The Morgan fingerprint density at radius 2 is 1.91 bits per heavy atom. The van der Waals surface area contributed by atoms with E-state index in [1.54, 1.807) is 18.2 Å². The molecule has 0 radical (unpaired) electrons. The van der Waals surface area contributed by atoms with Crippen LogP contribution in [-0.2, 0) is 0 Å². The fraction of sp³-hybridized carbons (Fsp3) is 0.0625. The molecule has 2 aromatic carbocycles. The van der Waals surface area contributed by atoms with E-state index in [1.165, 1.54) is 25.3 Å². The maximum Gasteiger partial charge on any atom is 0.193 e. The third-order valence-electron chi connectivity index (χ3n) is 3.24. The van der Waals surface area contributed by atoms with E-state index in [2.05, 4.69) is 0 Å². The number of phenolic OH excluding ortho intramolecular Hbond substituents is 1. The Balaban J connectivity index is 2.34. The van der Waals surface area contributed by atoms with Gasteiger partial charge in [0, 0.05) is 12.1 Å². The van der Waals surface area contributed by atoms with Crippen molar-refractivity contribution in [1.29, 1.82) is 0 Å². The van der Waals surface area contributed by atoms with Gasteiger partial charge in [-0.1, -0.05) is 29.3 Å². The van der Waals surface area contributed by atoms with Crippen LogP contribution >= 0.6 is 23.2 Å². The average molecular weight is 337 g/mol. The molecule has 0 aliphatic heterocycles. The van der Waals surface area contributed by atoms with Gasteiger partial charge in [0.05, 0.1) is 28.1 Å². The number of hydrogen-bond acceptors (Lipinski definition) is 4. The van der Waals surface area contributed by atoms with Crippen molar-refractivity contribution in [2.45, 2.75) is 0 Å². The van der Waals surface area contributed by atoms with Crippen LogP contribution in [-0.4, -0.2) is 12.2 Å². The van der Waals surface area contributed by atoms with Gasteiger partial charge in [0.1, 0.15) is 17.3 Å². The smallest absolute Gasteiger partial charge is 0.193 e. The van der Waals surface area contributed by atoms with E-state index in [-0.39, 0.29) is 27.5 Å². The number of phenols is 1. The highest BCUT2D eigenvalue weighted by Gasteiger charge is 2.15. The molecule has 0 bridgehead atoms. The van der Waals surface area contributed by atoms with Crippen LogP contribution in [0.3, 0.4) is 0 Å². The minimum absolute atomic E-state index is 0.139. The van der Waals surface area contributed by atoms with E-state index in [1.807, 2.05) is 0 Å². The van der Waals surface area contributed by atoms with Crippen LogP contribution < -0.4 is 10.2 Å². The summed E-state index contributed by atoms with van der Waals surface area (Å²) in [6, 6.07) is 9.09. The zero-order valence-corrected chi connectivity index (χ0v) is 12.9. The van der Waals surface area contributed by atoms with E-state index in [0.717, 1.165) is 0 Å². The van der Waals surface area contributed by atoms with Gasteiger partial charge in [0.25, 0.3) is 0 Å². The van der Waals surface area contributed by atoms with Crippen LogP contribution in [0.2, 0.25) is 10.0 Å².